The van der Waals surface area contributed by atoms with Crippen molar-refractivity contribution in [3.05, 3.63) is 35.7 Å². The molecule has 17 heavy (non-hydrogen) atoms. The first-order valence-corrected chi connectivity index (χ1v) is 5.69. The van der Waals surface area contributed by atoms with Gasteiger partial charge in [0, 0.05) is 24.3 Å². The Hall–Kier alpha value is -1.68. The first-order valence-electron chi connectivity index (χ1n) is 5.69. The van der Waals surface area contributed by atoms with Crippen molar-refractivity contribution in [3.8, 4) is 11.5 Å². The molecule has 1 aliphatic rings. The Bertz CT molecular complexity index is 429. The lowest BCUT2D eigenvalue weighted by Gasteiger charge is -2.10. The Morgan fingerprint density at radius 1 is 1.65 bits per heavy atom. The molecule has 4 heteroatoms. The lowest BCUT2D eigenvalue weighted by atomic mass is 9.98. The molecule has 0 amide bonds. The van der Waals surface area contributed by atoms with Crippen LogP contribution in [0.1, 0.15) is 24.8 Å². The lowest BCUT2D eigenvalue weighted by molar-refractivity contribution is 0.252. The van der Waals surface area contributed by atoms with E-state index in [9.17, 15) is 0 Å². The summed E-state index contributed by atoms with van der Waals surface area (Å²) in [5.41, 5.74) is 6.48. The van der Waals surface area contributed by atoms with Crippen molar-refractivity contribution in [2.45, 2.75) is 19.3 Å². The molecular weight excluding hydrogens is 218 g/mol. The van der Waals surface area contributed by atoms with Crippen LogP contribution in [-0.2, 0) is 0 Å². The minimum absolute atomic E-state index is 0.167. The van der Waals surface area contributed by atoms with Gasteiger partial charge in [0.25, 0.3) is 0 Å². The number of aliphatic hydroxyl groups excluding tert-OH is 1. The van der Waals surface area contributed by atoms with Gasteiger partial charge in [0.15, 0.2) is 11.5 Å². The van der Waals surface area contributed by atoms with Gasteiger partial charge in [-0.05, 0) is 19.4 Å². The van der Waals surface area contributed by atoms with E-state index in [1.54, 1.807) is 6.92 Å². The highest BCUT2D eigenvalue weighted by molar-refractivity contribution is 5.51. The molecule has 3 N–H and O–H groups in total. The Kier molecular flexibility index (Phi) is 3.54. The Balaban J connectivity index is 2.26. The summed E-state index contributed by atoms with van der Waals surface area (Å²) >= 11 is 0. The zero-order valence-corrected chi connectivity index (χ0v) is 9.85. The number of allylic oxidation sites excluding steroid dienone is 1. The summed E-state index contributed by atoms with van der Waals surface area (Å²) in [4.78, 5) is 0. The molecule has 0 aromatic heterocycles. The molecule has 2 rings (SSSR count). The molecule has 1 aliphatic heterocycles. The Labute approximate surface area is 101 Å². The minimum atomic E-state index is 0.167. The van der Waals surface area contributed by atoms with Gasteiger partial charge < -0.3 is 20.3 Å². The van der Waals surface area contributed by atoms with Gasteiger partial charge in [0.05, 0.1) is 6.61 Å². The average molecular weight is 235 g/mol. The largest absolute Gasteiger partial charge is 0.489 e. The van der Waals surface area contributed by atoms with Crippen molar-refractivity contribution >= 4 is 0 Å². The molecule has 0 fully saturated rings. The number of benzene rings is 1. The third-order valence-corrected chi connectivity index (χ3v) is 2.86. The topological polar surface area (TPSA) is 64.7 Å². The van der Waals surface area contributed by atoms with E-state index in [1.807, 2.05) is 18.2 Å². The molecule has 1 aromatic rings. The molecule has 1 unspecified atom stereocenters. The minimum Gasteiger partial charge on any atom is -0.489 e. The molecule has 0 spiro atoms. The fourth-order valence-corrected chi connectivity index (χ4v) is 1.96. The summed E-state index contributed by atoms with van der Waals surface area (Å²) in [6, 6.07) is 5.79. The summed E-state index contributed by atoms with van der Waals surface area (Å²) in [5, 5.41) is 8.99. The summed E-state index contributed by atoms with van der Waals surface area (Å²) < 4.78 is 11.2. The Morgan fingerprint density at radius 2 is 2.47 bits per heavy atom. The highest BCUT2D eigenvalue weighted by Crippen LogP contribution is 2.42. The SMILES string of the molecule is C/C(=C\N)Oc1cccc2c1OCC2CCO. The van der Waals surface area contributed by atoms with E-state index in [0.29, 0.717) is 24.5 Å². The number of fused-ring (bicyclic) bond motifs is 1. The summed E-state index contributed by atoms with van der Waals surface area (Å²) in [5.74, 6) is 2.34. The van der Waals surface area contributed by atoms with Gasteiger partial charge >= 0.3 is 0 Å². The molecule has 0 saturated carbocycles. The van der Waals surface area contributed by atoms with Crippen LogP contribution < -0.4 is 15.2 Å². The number of nitrogens with two attached hydrogens (primary N) is 1. The summed E-state index contributed by atoms with van der Waals surface area (Å²) in [7, 11) is 0. The van der Waals surface area contributed by atoms with Gasteiger partial charge in [-0.1, -0.05) is 12.1 Å². The van der Waals surface area contributed by atoms with Crippen molar-refractivity contribution in [2.75, 3.05) is 13.2 Å². The van der Waals surface area contributed by atoms with E-state index in [2.05, 4.69) is 0 Å². The monoisotopic (exact) mass is 235 g/mol. The number of para-hydroxylation sites is 1. The molecule has 1 aromatic carbocycles. The molecule has 1 heterocycles. The van der Waals surface area contributed by atoms with E-state index in [1.165, 1.54) is 6.20 Å². The van der Waals surface area contributed by atoms with Gasteiger partial charge in [-0.15, -0.1) is 0 Å². The van der Waals surface area contributed by atoms with Crippen LogP contribution in [0.15, 0.2) is 30.2 Å². The van der Waals surface area contributed by atoms with E-state index in [4.69, 9.17) is 20.3 Å². The van der Waals surface area contributed by atoms with Crippen molar-refractivity contribution in [1.82, 2.24) is 0 Å². The lowest BCUT2D eigenvalue weighted by Crippen LogP contribution is -2.02. The van der Waals surface area contributed by atoms with Crippen LogP contribution in [0.25, 0.3) is 0 Å². The van der Waals surface area contributed by atoms with Crippen LogP contribution in [0.5, 0.6) is 11.5 Å². The first-order chi connectivity index (χ1) is 8.26. The quantitative estimate of drug-likeness (QED) is 0.780. The van der Waals surface area contributed by atoms with Crippen molar-refractivity contribution in [2.24, 2.45) is 5.73 Å². The van der Waals surface area contributed by atoms with Crippen molar-refractivity contribution in [1.29, 1.82) is 0 Å². The van der Waals surface area contributed by atoms with Gasteiger partial charge in [-0.3, -0.25) is 0 Å². The predicted molar refractivity (Wildman–Crippen MR) is 65.0 cm³/mol. The molecule has 0 bridgehead atoms. The maximum absolute atomic E-state index is 8.99. The fourth-order valence-electron chi connectivity index (χ4n) is 1.96. The summed E-state index contributed by atoms with van der Waals surface area (Å²) in [6.07, 6.45) is 2.13. The molecular formula is C13H17NO3. The molecule has 0 radical (unpaired) electrons. The molecule has 1 atom stereocenters. The Morgan fingerprint density at radius 3 is 3.18 bits per heavy atom. The maximum atomic E-state index is 8.99. The highest BCUT2D eigenvalue weighted by atomic mass is 16.5. The third kappa shape index (κ3) is 2.36. The van der Waals surface area contributed by atoms with E-state index in [-0.39, 0.29) is 12.5 Å². The number of hydrogen-bond donors (Lipinski definition) is 2. The standard InChI is InChI=1S/C13H17NO3/c1-9(7-14)17-12-4-2-3-11-10(5-6-15)8-16-13(11)12/h2-4,7,10,15H,5-6,8,14H2,1H3/b9-7+. The van der Waals surface area contributed by atoms with Crippen molar-refractivity contribution < 1.29 is 14.6 Å². The third-order valence-electron chi connectivity index (χ3n) is 2.86. The van der Waals surface area contributed by atoms with Gasteiger partial charge in [-0.25, -0.2) is 0 Å². The van der Waals surface area contributed by atoms with E-state index in [0.717, 1.165) is 11.3 Å². The summed E-state index contributed by atoms with van der Waals surface area (Å²) in [6.45, 7) is 2.56. The first kappa shape index (κ1) is 11.8. The fraction of sp³-hybridized carbons (Fsp3) is 0.385. The van der Waals surface area contributed by atoms with Crippen molar-refractivity contribution in [3.63, 3.8) is 0 Å². The van der Waals surface area contributed by atoms with Crippen LogP contribution in [0.2, 0.25) is 0 Å². The second-order valence-electron chi connectivity index (χ2n) is 4.07. The number of ether oxygens (including phenoxy) is 2. The van der Waals surface area contributed by atoms with E-state index >= 15 is 0 Å². The van der Waals surface area contributed by atoms with E-state index < -0.39 is 0 Å². The average Bonchev–Trinajstić information content (AvgIpc) is 2.74. The molecule has 4 nitrogen and oxygen atoms in total. The molecule has 92 valence electrons. The van der Waals surface area contributed by atoms with Crippen LogP contribution in [0, 0.1) is 0 Å². The number of hydrogen-bond acceptors (Lipinski definition) is 4. The van der Waals surface area contributed by atoms with Gasteiger partial charge in [-0.2, -0.15) is 0 Å². The molecule has 0 aliphatic carbocycles. The van der Waals surface area contributed by atoms with Gasteiger partial charge in [0.2, 0.25) is 0 Å². The number of aliphatic hydroxyl groups is 1. The van der Waals surface area contributed by atoms with Crippen LogP contribution >= 0.6 is 0 Å². The maximum Gasteiger partial charge on any atom is 0.169 e. The second kappa shape index (κ2) is 5.10. The normalized spacial score (nSPS) is 18.7. The zero-order chi connectivity index (χ0) is 12.3. The van der Waals surface area contributed by atoms with Gasteiger partial charge in [0.1, 0.15) is 5.76 Å². The number of rotatable bonds is 4. The second-order valence-corrected chi connectivity index (χ2v) is 4.07. The van der Waals surface area contributed by atoms with Crippen LogP contribution in [0.4, 0.5) is 0 Å². The zero-order valence-electron chi connectivity index (χ0n) is 9.85. The predicted octanol–water partition coefficient (Wildman–Crippen LogP) is 1.74. The van der Waals surface area contributed by atoms with Crippen LogP contribution in [0.3, 0.4) is 0 Å². The highest BCUT2D eigenvalue weighted by Gasteiger charge is 2.26. The van der Waals surface area contributed by atoms with Crippen LogP contribution in [-0.4, -0.2) is 18.3 Å². The molecule has 0 saturated heterocycles. The smallest absolute Gasteiger partial charge is 0.169 e.